The highest BCUT2D eigenvalue weighted by Crippen LogP contribution is 2.37. The van der Waals surface area contributed by atoms with Crippen LogP contribution in [0.3, 0.4) is 0 Å². The van der Waals surface area contributed by atoms with Gasteiger partial charge in [-0.25, -0.2) is 9.18 Å². The van der Waals surface area contributed by atoms with Crippen LogP contribution in [-0.4, -0.2) is 40.5 Å². The molecule has 1 saturated heterocycles. The second-order valence-corrected chi connectivity index (χ2v) is 6.82. The van der Waals surface area contributed by atoms with Crippen LogP contribution >= 0.6 is 0 Å². The summed E-state index contributed by atoms with van der Waals surface area (Å²) in [6, 6.07) is 5.78. The Kier molecular flexibility index (Phi) is 4.10. The van der Waals surface area contributed by atoms with Crippen LogP contribution in [0.4, 0.5) is 14.9 Å². The minimum Gasteiger partial charge on any atom is -0.378 e. The van der Waals surface area contributed by atoms with E-state index in [9.17, 15) is 14.0 Å². The Hall–Kier alpha value is -2.90. The third-order valence-corrected chi connectivity index (χ3v) is 5.09. The molecule has 2 aromatic rings. The summed E-state index contributed by atoms with van der Waals surface area (Å²) in [6.45, 7) is 1.37. The number of hydrogen-bond acceptors (Lipinski definition) is 5. The number of fused-ring (bicyclic) bond motifs is 1. The van der Waals surface area contributed by atoms with Gasteiger partial charge < -0.3 is 20.1 Å². The molecule has 0 bridgehead atoms. The molecule has 0 atom stereocenters. The fourth-order valence-electron chi connectivity index (χ4n) is 3.64. The van der Waals surface area contributed by atoms with Gasteiger partial charge in [0.1, 0.15) is 5.82 Å². The van der Waals surface area contributed by atoms with E-state index in [1.807, 2.05) is 0 Å². The number of Topliss-reactive ketones (excluding diaryl/α,β-unsaturated/α-hetero) is 1. The predicted octanol–water partition coefficient (Wildman–Crippen LogP) is 2.56. The van der Waals surface area contributed by atoms with Crippen LogP contribution in [0.2, 0.25) is 0 Å². The van der Waals surface area contributed by atoms with Crippen molar-refractivity contribution in [1.29, 1.82) is 0 Å². The first-order valence-electron chi connectivity index (χ1n) is 8.58. The number of urea groups is 1. The van der Waals surface area contributed by atoms with Gasteiger partial charge in [-0.05, 0) is 31.0 Å². The standard InChI is InChI=1S/C18H19FN4O3/c19-12-1-2-15-14(9-12)16(24)10-18(22-15)4-7-23(8-5-18)17(25)20-11-13-3-6-21-26-13/h1-3,6,9,22H,4-5,7-8,10-11H2,(H,20,25). The Balaban J connectivity index is 1.38. The molecule has 2 amide bonds. The number of nitrogens with zero attached hydrogens (tertiary/aromatic N) is 2. The average Bonchev–Trinajstić information content (AvgIpc) is 3.15. The van der Waals surface area contributed by atoms with Crippen LogP contribution in [0.15, 0.2) is 35.0 Å². The molecular weight excluding hydrogens is 339 g/mol. The maximum atomic E-state index is 13.4. The van der Waals surface area contributed by atoms with E-state index in [1.165, 1.54) is 18.3 Å². The number of anilines is 1. The Morgan fingerprint density at radius 3 is 2.88 bits per heavy atom. The van der Waals surface area contributed by atoms with Crippen molar-refractivity contribution in [1.82, 2.24) is 15.4 Å². The molecule has 2 N–H and O–H groups in total. The summed E-state index contributed by atoms with van der Waals surface area (Å²) in [7, 11) is 0. The summed E-state index contributed by atoms with van der Waals surface area (Å²) < 4.78 is 18.3. The first-order chi connectivity index (χ1) is 12.5. The minimum absolute atomic E-state index is 0.0542. The van der Waals surface area contributed by atoms with Gasteiger partial charge in [0, 0.05) is 42.4 Å². The lowest BCUT2D eigenvalue weighted by atomic mass is 9.78. The van der Waals surface area contributed by atoms with Gasteiger partial charge in [-0.2, -0.15) is 0 Å². The van der Waals surface area contributed by atoms with Gasteiger partial charge >= 0.3 is 6.03 Å². The summed E-state index contributed by atoms with van der Waals surface area (Å²) in [5.74, 6) is 0.129. The van der Waals surface area contributed by atoms with Crippen molar-refractivity contribution in [2.24, 2.45) is 0 Å². The largest absolute Gasteiger partial charge is 0.378 e. The van der Waals surface area contributed by atoms with E-state index in [2.05, 4.69) is 15.8 Å². The quantitative estimate of drug-likeness (QED) is 0.861. The number of ketones is 1. The van der Waals surface area contributed by atoms with Crippen molar-refractivity contribution in [3.63, 3.8) is 0 Å². The molecule has 1 aromatic heterocycles. The van der Waals surface area contributed by atoms with E-state index in [0.717, 1.165) is 0 Å². The third-order valence-electron chi connectivity index (χ3n) is 5.09. The predicted molar refractivity (Wildman–Crippen MR) is 91.2 cm³/mol. The number of benzene rings is 1. The highest BCUT2D eigenvalue weighted by molar-refractivity contribution is 6.04. The van der Waals surface area contributed by atoms with Crippen molar-refractivity contribution in [2.45, 2.75) is 31.3 Å². The Morgan fingerprint density at radius 1 is 1.35 bits per heavy atom. The normalized spacial score (nSPS) is 18.3. The zero-order valence-corrected chi connectivity index (χ0v) is 14.1. The molecule has 0 saturated carbocycles. The van der Waals surface area contributed by atoms with Crippen LogP contribution in [0.1, 0.15) is 35.4 Å². The van der Waals surface area contributed by atoms with Crippen LogP contribution in [-0.2, 0) is 6.54 Å². The van der Waals surface area contributed by atoms with Crippen LogP contribution in [0.5, 0.6) is 0 Å². The Bertz CT molecular complexity index is 829. The zero-order chi connectivity index (χ0) is 18.1. The van der Waals surface area contributed by atoms with Gasteiger partial charge in [0.2, 0.25) is 0 Å². The molecular formula is C18H19FN4O3. The van der Waals surface area contributed by atoms with Gasteiger partial charge in [0.25, 0.3) is 0 Å². The maximum Gasteiger partial charge on any atom is 0.317 e. The van der Waals surface area contributed by atoms with E-state index < -0.39 is 5.82 Å². The van der Waals surface area contributed by atoms with Gasteiger partial charge in [-0.1, -0.05) is 5.16 Å². The van der Waals surface area contributed by atoms with Crippen molar-refractivity contribution < 1.29 is 18.5 Å². The van der Waals surface area contributed by atoms with Crippen LogP contribution < -0.4 is 10.6 Å². The van der Waals surface area contributed by atoms with Gasteiger partial charge in [0.15, 0.2) is 11.5 Å². The number of piperidine rings is 1. The molecule has 7 nitrogen and oxygen atoms in total. The average molecular weight is 358 g/mol. The first-order valence-corrected chi connectivity index (χ1v) is 8.58. The van der Waals surface area contributed by atoms with E-state index in [4.69, 9.17) is 4.52 Å². The van der Waals surface area contributed by atoms with E-state index in [-0.39, 0.29) is 23.9 Å². The van der Waals surface area contributed by atoms with Crippen molar-refractivity contribution in [3.05, 3.63) is 47.6 Å². The molecule has 0 radical (unpaired) electrons. The number of likely N-dealkylation sites (tertiary alicyclic amines) is 1. The van der Waals surface area contributed by atoms with Gasteiger partial charge in [-0.15, -0.1) is 0 Å². The molecule has 26 heavy (non-hydrogen) atoms. The fraction of sp³-hybridized carbons (Fsp3) is 0.389. The number of nitrogens with one attached hydrogen (secondary N) is 2. The summed E-state index contributed by atoms with van der Waals surface area (Å²) in [5.41, 5.74) is 0.706. The second kappa shape index (κ2) is 6.44. The lowest BCUT2D eigenvalue weighted by Crippen LogP contribution is -2.55. The Labute approximate surface area is 149 Å². The molecule has 2 aliphatic heterocycles. The molecule has 0 aliphatic carbocycles. The van der Waals surface area contributed by atoms with Gasteiger partial charge in [-0.3, -0.25) is 4.79 Å². The number of aromatic nitrogens is 1. The number of hydrogen-bond donors (Lipinski definition) is 2. The lowest BCUT2D eigenvalue weighted by molar-refractivity contribution is 0.0915. The van der Waals surface area contributed by atoms with Crippen molar-refractivity contribution in [3.8, 4) is 0 Å². The molecule has 1 aromatic carbocycles. The molecule has 1 spiro atoms. The summed E-state index contributed by atoms with van der Waals surface area (Å²) in [6.07, 6.45) is 3.16. The molecule has 8 heteroatoms. The first kappa shape index (κ1) is 16.6. The smallest absolute Gasteiger partial charge is 0.317 e. The van der Waals surface area contributed by atoms with E-state index in [0.29, 0.717) is 49.4 Å². The number of rotatable bonds is 2. The van der Waals surface area contributed by atoms with E-state index in [1.54, 1.807) is 17.0 Å². The molecule has 1 fully saturated rings. The fourth-order valence-corrected chi connectivity index (χ4v) is 3.64. The second-order valence-electron chi connectivity index (χ2n) is 6.82. The number of halogens is 1. The SMILES string of the molecule is O=C1CC2(CCN(C(=O)NCc3ccno3)CC2)Nc2ccc(F)cc21. The number of carbonyl (C=O) groups excluding carboxylic acids is 2. The maximum absolute atomic E-state index is 13.4. The van der Waals surface area contributed by atoms with Gasteiger partial charge in [0.05, 0.1) is 12.7 Å². The molecule has 3 heterocycles. The third kappa shape index (κ3) is 3.14. The summed E-state index contributed by atoms with van der Waals surface area (Å²) in [4.78, 5) is 26.5. The highest BCUT2D eigenvalue weighted by atomic mass is 19.1. The summed E-state index contributed by atoms with van der Waals surface area (Å²) in [5, 5.41) is 9.81. The van der Waals surface area contributed by atoms with Crippen LogP contribution in [0.25, 0.3) is 0 Å². The monoisotopic (exact) mass is 358 g/mol. The van der Waals surface area contributed by atoms with E-state index >= 15 is 0 Å². The highest BCUT2D eigenvalue weighted by Gasteiger charge is 2.41. The number of carbonyl (C=O) groups is 2. The minimum atomic E-state index is -0.409. The molecule has 4 rings (SSSR count). The Morgan fingerprint density at radius 2 is 2.15 bits per heavy atom. The van der Waals surface area contributed by atoms with Crippen molar-refractivity contribution >= 4 is 17.5 Å². The zero-order valence-electron chi connectivity index (χ0n) is 14.1. The number of amides is 2. The molecule has 136 valence electrons. The van der Waals surface area contributed by atoms with Crippen LogP contribution in [0, 0.1) is 5.82 Å². The van der Waals surface area contributed by atoms with Crippen molar-refractivity contribution in [2.75, 3.05) is 18.4 Å². The molecule has 2 aliphatic rings. The molecule has 0 unspecified atom stereocenters. The summed E-state index contributed by atoms with van der Waals surface area (Å²) >= 11 is 0. The lowest BCUT2D eigenvalue weighted by Gasteiger charge is -2.45. The topological polar surface area (TPSA) is 87.5 Å².